The Morgan fingerprint density at radius 1 is 1.33 bits per heavy atom. The van der Waals surface area contributed by atoms with Crippen molar-refractivity contribution in [1.82, 2.24) is 0 Å². The summed E-state index contributed by atoms with van der Waals surface area (Å²) in [5.41, 5.74) is -1.29. The van der Waals surface area contributed by atoms with E-state index in [1.165, 1.54) is 12.1 Å². The van der Waals surface area contributed by atoms with Crippen LogP contribution in [-0.2, 0) is 11.0 Å². The number of rotatable bonds is 3. The van der Waals surface area contributed by atoms with Crippen LogP contribution in [0.4, 0.5) is 13.2 Å². The molecule has 1 saturated carbocycles. The molecule has 0 radical (unpaired) electrons. The topological polar surface area (TPSA) is 40.9 Å². The van der Waals surface area contributed by atoms with Gasteiger partial charge in [0, 0.05) is 5.41 Å². The number of nitriles is 1. The predicted octanol–water partition coefficient (Wildman–Crippen LogP) is 4.46. The van der Waals surface area contributed by atoms with Crippen molar-refractivity contribution < 1.29 is 18.0 Å². The molecule has 0 aliphatic heterocycles. The van der Waals surface area contributed by atoms with E-state index in [-0.39, 0.29) is 11.3 Å². The Hall–Kier alpha value is -1.83. The standard InChI is InChI=1S/C16H16F3NO/c1-15(7-2-3-8-15)14(21)13(10-20)11-5-4-6-12(9-11)16(17,18)19/h4-6,9,13H,2-3,7-8H2,1H3. The lowest BCUT2D eigenvalue weighted by molar-refractivity contribution is -0.137. The Labute approximate surface area is 121 Å². The van der Waals surface area contributed by atoms with Crippen LogP contribution in [0, 0.1) is 16.7 Å². The van der Waals surface area contributed by atoms with Gasteiger partial charge in [-0.15, -0.1) is 0 Å². The number of halogens is 3. The third-order valence-electron chi connectivity index (χ3n) is 4.24. The van der Waals surface area contributed by atoms with Crippen LogP contribution in [0.25, 0.3) is 0 Å². The van der Waals surface area contributed by atoms with Crippen LogP contribution in [0.15, 0.2) is 24.3 Å². The largest absolute Gasteiger partial charge is 0.416 e. The lowest BCUT2D eigenvalue weighted by Crippen LogP contribution is -2.29. The van der Waals surface area contributed by atoms with Gasteiger partial charge in [-0.1, -0.05) is 38.0 Å². The molecule has 0 amide bonds. The van der Waals surface area contributed by atoms with Crippen LogP contribution in [-0.4, -0.2) is 5.78 Å². The zero-order valence-corrected chi connectivity index (χ0v) is 11.7. The number of benzene rings is 1. The lowest BCUT2D eigenvalue weighted by atomic mass is 9.76. The first kappa shape index (κ1) is 15.6. The van der Waals surface area contributed by atoms with E-state index in [9.17, 15) is 23.2 Å². The highest BCUT2D eigenvalue weighted by atomic mass is 19.4. The summed E-state index contributed by atoms with van der Waals surface area (Å²) in [5, 5.41) is 9.27. The van der Waals surface area contributed by atoms with Gasteiger partial charge in [0.05, 0.1) is 11.6 Å². The number of hydrogen-bond donors (Lipinski definition) is 0. The van der Waals surface area contributed by atoms with Crippen molar-refractivity contribution in [3.63, 3.8) is 0 Å². The second-order valence-corrected chi connectivity index (χ2v) is 5.82. The summed E-state index contributed by atoms with van der Waals surface area (Å²) in [6.45, 7) is 1.81. The Bertz CT molecular complexity index is 580. The summed E-state index contributed by atoms with van der Waals surface area (Å²) < 4.78 is 38.2. The quantitative estimate of drug-likeness (QED) is 0.826. The number of nitrogens with zero attached hydrogens (tertiary/aromatic N) is 1. The van der Waals surface area contributed by atoms with Crippen LogP contribution in [0.1, 0.15) is 49.7 Å². The molecule has 0 spiro atoms. The van der Waals surface area contributed by atoms with E-state index >= 15 is 0 Å². The number of ketones is 1. The minimum Gasteiger partial charge on any atom is -0.297 e. The molecule has 5 heteroatoms. The van der Waals surface area contributed by atoms with Gasteiger partial charge in [-0.2, -0.15) is 18.4 Å². The van der Waals surface area contributed by atoms with Gasteiger partial charge in [0.25, 0.3) is 0 Å². The Morgan fingerprint density at radius 3 is 2.48 bits per heavy atom. The van der Waals surface area contributed by atoms with E-state index in [2.05, 4.69) is 0 Å². The molecule has 2 nitrogen and oxygen atoms in total. The second kappa shape index (κ2) is 5.51. The summed E-state index contributed by atoms with van der Waals surface area (Å²) in [6, 6.07) is 6.39. The maximum Gasteiger partial charge on any atom is 0.416 e. The SMILES string of the molecule is CC1(C(=O)C(C#N)c2cccc(C(F)(F)F)c2)CCCC1. The van der Waals surface area contributed by atoms with Crippen LogP contribution < -0.4 is 0 Å². The van der Waals surface area contributed by atoms with Crippen molar-refractivity contribution >= 4 is 5.78 Å². The molecule has 1 aliphatic carbocycles. The van der Waals surface area contributed by atoms with E-state index in [4.69, 9.17) is 0 Å². The number of Topliss-reactive ketones (excluding diaryl/α,β-unsaturated/α-hetero) is 1. The van der Waals surface area contributed by atoms with E-state index < -0.39 is 23.1 Å². The summed E-state index contributed by atoms with van der Waals surface area (Å²) >= 11 is 0. The molecule has 2 rings (SSSR count). The summed E-state index contributed by atoms with van der Waals surface area (Å²) in [5.74, 6) is -1.39. The molecule has 21 heavy (non-hydrogen) atoms. The molecule has 1 aliphatic rings. The number of hydrogen-bond acceptors (Lipinski definition) is 2. The maximum absolute atomic E-state index is 12.7. The average Bonchev–Trinajstić information content (AvgIpc) is 2.87. The third-order valence-corrected chi connectivity index (χ3v) is 4.24. The number of alkyl halides is 3. The fraction of sp³-hybridized carbons (Fsp3) is 0.500. The number of carbonyl (C=O) groups is 1. The molecule has 1 aromatic rings. The zero-order chi connectivity index (χ0) is 15.7. The van der Waals surface area contributed by atoms with E-state index in [1.807, 2.05) is 6.07 Å². The van der Waals surface area contributed by atoms with Gasteiger partial charge in [0.1, 0.15) is 5.92 Å². The van der Waals surface area contributed by atoms with Gasteiger partial charge in [0.2, 0.25) is 0 Å². The molecule has 1 aromatic carbocycles. The first-order chi connectivity index (χ1) is 9.78. The fourth-order valence-corrected chi connectivity index (χ4v) is 2.93. The van der Waals surface area contributed by atoms with Crippen molar-refractivity contribution in [3.8, 4) is 6.07 Å². The van der Waals surface area contributed by atoms with Crippen molar-refractivity contribution in [1.29, 1.82) is 5.26 Å². The fourth-order valence-electron chi connectivity index (χ4n) is 2.93. The maximum atomic E-state index is 12.7. The molecule has 0 N–H and O–H groups in total. The van der Waals surface area contributed by atoms with Gasteiger partial charge in [-0.3, -0.25) is 4.79 Å². The van der Waals surface area contributed by atoms with Crippen LogP contribution in [0.2, 0.25) is 0 Å². The molecule has 1 atom stereocenters. The molecule has 112 valence electrons. The summed E-state index contributed by atoms with van der Waals surface area (Å²) in [4.78, 5) is 12.6. The van der Waals surface area contributed by atoms with Crippen LogP contribution in [0.5, 0.6) is 0 Å². The average molecular weight is 295 g/mol. The highest BCUT2D eigenvalue weighted by molar-refractivity contribution is 5.93. The monoisotopic (exact) mass is 295 g/mol. The van der Waals surface area contributed by atoms with Gasteiger partial charge in [-0.25, -0.2) is 0 Å². The first-order valence-corrected chi connectivity index (χ1v) is 6.89. The van der Waals surface area contributed by atoms with Crippen molar-refractivity contribution in [2.75, 3.05) is 0 Å². The van der Waals surface area contributed by atoms with Crippen molar-refractivity contribution in [2.45, 2.75) is 44.7 Å². The van der Waals surface area contributed by atoms with E-state index in [0.29, 0.717) is 12.8 Å². The first-order valence-electron chi connectivity index (χ1n) is 6.89. The molecule has 0 aromatic heterocycles. The molecular weight excluding hydrogens is 279 g/mol. The third kappa shape index (κ3) is 3.10. The Balaban J connectivity index is 2.34. The molecule has 0 saturated heterocycles. The predicted molar refractivity (Wildman–Crippen MR) is 71.4 cm³/mol. The molecule has 0 heterocycles. The highest BCUT2D eigenvalue weighted by Gasteiger charge is 2.41. The van der Waals surface area contributed by atoms with Gasteiger partial charge >= 0.3 is 6.18 Å². The zero-order valence-electron chi connectivity index (χ0n) is 11.7. The summed E-state index contributed by atoms with van der Waals surface area (Å²) in [6.07, 6.45) is -1.24. The lowest BCUT2D eigenvalue weighted by Gasteiger charge is -2.24. The summed E-state index contributed by atoms with van der Waals surface area (Å²) in [7, 11) is 0. The number of carbonyl (C=O) groups excluding carboxylic acids is 1. The molecule has 1 unspecified atom stereocenters. The van der Waals surface area contributed by atoms with E-state index in [1.54, 1.807) is 6.92 Å². The Kier molecular flexibility index (Phi) is 4.08. The normalized spacial score (nSPS) is 19.0. The smallest absolute Gasteiger partial charge is 0.297 e. The van der Waals surface area contributed by atoms with Gasteiger partial charge in [-0.05, 0) is 24.5 Å². The second-order valence-electron chi connectivity index (χ2n) is 5.82. The minimum absolute atomic E-state index is 0.130. The van der Waals surface area contributed by atoms with Crippen molar-refractivity contribution in [2.24, 2.45) is 5.41 Å². The molecule has 0 bridgehead atoms. The molecular formula is C16H16F3NO. The molecule has 1 fully saturated rings. The van der Waals surface area contributed by atoms with E-state index in [0.717, 1.165) is 25.0 Å². The van der Waals surface area contributed by atoms with Crippen LogP contribution in [0.3, 0.4) is 0 Å². The van der Waals surface area contributed by atoms with Gasteiger partial charge < -0.3 is 0 Å². The minimum atomic E-state index is -4.48. The highest BCUT2D eigenvalue weighted by Crippen LogP contribution is 2.42. The Morgan fingerprint density at radius 2 is 1.95 bits per heavy atom. The van der Waals surface area contributed by atoms with Crippen LogP contribution >= 0.6 is 0 Å². The van der Waals surface area contributed by atoms with Gasteiger partial charge in [0.15, 0.2) is 5.78 Å². The van der Waals surface area contributed by atoms with Crippen molar-refractivity contribution in [3.05, 3.63) is 35.4 Å².